The highest BCUT2D eigenvalue weighted by Crippen LogP contribution is 2.27. The number of amides is 2. The monoisotopic (exact) mass is 365 g/mol. The summed E-state index contributed by atoms with van der Waals surface area (Å²) in [7, 11) is 0. The first kappa shape index (κ1) is 16.7. The van der Waals surface area contributed by atoms with Crippen molar-refractivity contribution >= 4 is 39.1 Å². The van der Waals surface area contributed by atoms with Crippen LogP contribution in [0.25, 0.3) is 10.2 Å². The number of anilines is 1. The highest BCUT2D eigenvalue weighted by molar-refractivity contribution is 7.18. The Morgan fingerprint density at radius 3 is 2.73 bits per heavy atom. The number of aromatic nitrogens is 1. The Balaban J connectivity index is 1.59. The summed E-state index contributed by atoms with van der Waals surface area (Å²) in [5, 5.41) is 3.97. The van der Waals surface area contributed by atoms with Gasteiger partial charge in [0.15, 0.2) is 0 Å². The highest BCUT2D eigenvalue weighted by atomic mass is 32.1. The first-order chi connectivity index (χ1) is 12.5. The number of hydrogen-bond acceptors (Lipinski definition) is 4. The summed E-state index contributed by atoms with van der Waals surface area (Å²) in [4.78, 5) is 31.1. The molecule has 132 valence electrons. The zero-order chi connectivity index (χ0) is 18.3. The number of carbonyl (C=O) groups is 2. The number of benzene rings is 2. The van der Waals surface area contributed by atoms with Gasteiger partial charge >= 0.3 is 0 Å². The summed E-state index contributed by atoms with van der Waals surface area (Å²) in [6.45, 7) is 3.95. The van der Waals surface area contributed by atoms with Crippen molar-refractivity contribution in [1.29, 1.82) is 0 Å². The lowest BCUT2D eigenvalue weighted by Gasteiger charge is -2.35. The minimum atomic E-state index is -0.499. The van der Waals surface area contributed by atoms with Crippen molar-refractivity contribution in [3.8, 4) is 0 Å². The minimum absolute atomic E-state index is 0.0896. The van der Waals surface area contributed by atoms with E-state index in [1.807, 2.05) is 49.4 Å². The SMILES string of the molecule is CC(=O)N1Cc2ccccc2CC1C(=O)Nc1ccc2nc(C)sc2c1. The van der Waals surface area contributed by atoms with Crippen LogP contribution in [0.1, 0.15) is 23.1 Å². The average Bonchev–Trinajstić information content (AvgIpc) is 2.99. The number of rotatable bonds is 2. The second-order valence-electron chi connectivity index (χ2n) is 6.54. The molecule has 0 aliphatic carbocycles. The van der Waals surface area contributed by atoms with E-state index in [9.17, 15) is 9.59 Å². The van der Waals surface area contributed by atoms with Crippen LogP contribution in [-0.2, 0) is 22.6 Å². The quantitative estimate of drug-likeness (QED) is 0.756. The van der Waals surface area contributed by atoms with Gasteiger partial charge in [-0.1, -0.05) is 24.3 Å². The van der Waals surface area contributed by atoms with Crippen LogP contribution in [0, 0.1) is 6.92 Å². The Bertz CT molecular complexity index is 1010. The number of nitrogens with zero attached hydrogens (tertiary/aromatic N) is 2. The van der Waals surface area contributed by atoms with Crippen molar-refractivity contribution in [2.24, 2.45) is 0 Å². The summed E-state index contributed by atoms with van der Waals surface area (Å²) < 4.78 is 1.04. The van der Waals surface area contributed by atoms with Gasteiger partial charge < -0.3 is 10.2 Å². The molecule has 0 bridgehead atoms. The Morgan fingerprint density at radius 1 is 1.19 bits per heavy atom. The third-order valence-electron chi connectivity index (χ3n) is 4.72. The van der Waals surface area contributed by atoms with Crippen LogP contribution < -0.4 is 5.32 Å². The van der Waals surface area contributed by atoms with Gasteiger partial charge in [0.25, 0.3) is 0 Å². The maximum absolute atomic E-state index is 12.9. The minimum Gasteiger partial charge on any atom is -0.326 e. The molecule has 2 amide bonds. The van der Waals surface area contributed by atoms with Crippen LogP contribution in [0.5, 0.6) is 0 Å². The first-order valence-corrected chi connectivity index (χ1v) is 9.35. The van der Waals surface area contributed by atoms with Gasteiger partial charge in [0.2, 0.25) is 11.8 Å². The standard InChI is InChI=1S/C20H19N3O2S/c1-12-21-17-8-7-16(10-19(17)26-12)22-20(25)18-9-14-5-3-4-6-15(14)11-23(18)13(2)24/h3-8,10,18H,9,11H2,1-2H3,(H,22,25). The second kappa shape index (κ2) is 6.53. The molecule has 1 N–H and O–H groups in total. The Morgan fingerprint density at radius 2 is 1.96 bits per heavy atom. The fourth-order valence-corrected chi connectivity index (χ4v) is 4.30. The molecule has 0 spiro atoms. The molecule has 1 aliphatic rings. The van der Waals surface area contributed by atoms with Crippen LogP contribution in [-0.4, -0.2) is 27.7 Å². The van der Waals surface area contributed by atoms with E-state index in [2.05, 4.69) is 10.3 Å². The van der Waals surface area contributed by atoms with Gasteiger partial charge in [0, 0.05) is 25.6 Å². The number of nitrogens with one attached hydrogen (secondary N) is 1. The van der Waals surface area contributed by atoms with Crippen LogP contribution >= 0.6 is 11.3 Å². The van der Waals surface area contributed by atoms with E-state index >= 15 is 0 Å². The summed E-state index contributed by atoms with van der Waals surface area (Å²) >= 11 is 1.60. The van der Waals surface area contributed by atoms with Crippen LogP contribution in [0.3, 0.4) is 0 Å². The first-order valence-electron chi connectivity index (χ1n) is 8.53. The van der Waals surface area contributed by atoms with Gasteiger partial charge in [0.1, 0.15) is 6.04 Å². The van der Waals surface area contributed by atoms with E-state index in [0.717, 1.165) is 32.0 Å². The van der Waals surface area contributed by atoms with Crippen LogP contribution in [0.15, 0.2) is 42.5 Å². The smallest absolute Gasteiger partial charge is 0.247 e. The average molecular weight is 365 g/mol. The van der Waals surface area contributed by atoms with E-state index in [0.29, 0.717) is 13.0 Å². The molecule has 5 nitrogen and oxygen atoms in total. The molecule has 0 radical (unpaired) electrons. The molecule has 2 aromatic carbocycles. The third-order valence-corrected chi connectivity index (χ3v) is 5.65. The number of hydrogen-bond donors (Lipinski definition) is 1. The Kier molecular flexibility index (Phi) is 4.20. The van der Waals surface area contributed by atoms with Crippen molar-refractivity contribution in [2.45, 2.75) is 32.9 Å². The normalized spacial score (nSPS) is 16.4. The van der Waals surface area contributed by atoms with Crippen LogP contribution in [0.2, 0.25) is 0 Å². The summed E-state index contributed by atoms with van der Waals surface area (Å²) in [5.74, 6) is -0.247. The topological polar surface area (TPSA) is 62.3 Å². The lowest BCUT2D eigenvalue weighted by atomic mass is 9.93. The summed E-state index contributed by atoms with van der Waals surface area (Å²) in [6, 6.07) is 13.2. The molecule has 1 aliphatic heterocycles. The molecule has 0 fully saturated rings. The fourth-order valence-electron chi connectivity index (χ4n) is 3.43. The maximum atomic E-state index is 12.9. The molecule has 2 heterocycles. The van der Waals surface area contributed by atoms with E-state index in [1.165, 1.54) is 6.92 Å². The molecule has 6 heteroatoms. The molecule has 1 unspecified atom stereocenters. The van der Waals surface area contributed by atoms with Gasteiger partial charge in [-0.2, -0.15) is 0 Å². The van der Waals surface area contributed by atoms with E-state index in [1.54, 1.807) is 16.2 Å². The zero-order valence-corrected chi connectivity index (χ0v) is 15.5. The Labute approximate surface area is 155 Å². The van der Waals surface area contributed by atoms with Gasteiger partial charge in [-0.3, -0.25) is 9.59 Å². The van der Waals surface area contributed by atoms with Gasteiger partial charge in [-0.15, -0.1) is 11.3 Å². The lowest BCUT2D eigenvalue weighted by molar-refractivity contribution is -0.138. The summed E-state index contributed by atoms with van der Waals surface area (Å²) in [5.41, 5.74) is 3.89. The van der Waals surface area contributed by atoms with Crippen molar-refractivity contribution in [3.05, 3.63) is 58.6 Å². The number of thiazole rings is 1. The number of aryl methyl sites for hydroxylation is 1. The molecule has 1 aromatic heterocycles. The summed E-state index contributed by atoms with van der Waals surface area (Å²) in [6.07, 6.45) is 0.531. The molecule has 0 saturated heterocycles. The molecule has 1 atom stereocenters. The number of fused-ring (bicyclic) bond motifs is 2. The molecule has 26 heavy (non-hydrogen) atoms. The molecular formula is C20H19N3O2S. The molecule has 0 saturated carbocycles. The predicted octanol–water partition coefficient (Wildman–Crippen LogP) is 3.52. The van der Waals surface area contributed by atoms with Crippen molar-refractivity contribution in [3.63, 3.8) is 0 Å². The maximum Gasteiger partial charge on any atom is 0.247 e. The number of carbonyl (C=O) groups excluding carboxylic acids is 2. The van der Waals surface area contributed by atoms with Crippen molar-refractivity contribution in [1.82, 2.24) is 9.88 Å². The van der Waals surface area contributed by atoms with Gasteiger partial charge in [0.05, 0.1) is 15.2 Å². The van der Waals surface area contributed by atoms with E-state index in [-0.39, 0.29) is 11.8 Å². The van der Waals surface area contributed by atoms with Crippen molar-refractivity contribution < 1.29 is 9.59 Å². The van der Waals surface area contributed by atoms with Gasteiger partial charge in [-0.25, -0.2) is 4.98 Å². The fraction of sp³-hybridized carbons (Fsp3) is 0.250. The predicted molar refractivity (Wildman–Crippen MR) is 103 cm³/mol. The van der Waals surface area contributed by atoms with Gasteiger partial charge in [-0.05, 0) is 36.2 Å². The van der Waals surface area contributed by atoms with Crippen LogP contribution in [0.4, 0.5) is 5.69 Å². The third kappa shape index (κ3) is 3.08. The Hall–Kier alpha value is -2.73. The van der Waals surface area contributed by atoms with Crippen molar-refractivity contribution in [2.75, 3.05) is 5.32 Å². The second-order valence-corrected chi connectivity index (χ2v) is 7.77. The molecular weight excluding hydrogens is 346 g/mol. The lowest BCUT2D eigenvalue weighted by Crippen LogP contribution is -2.49. The molecule has 4 rings (SSSR count). The largest absolute Gasteiger partial charge is 0.326 e. The van der Waals surface area contributed by atoms with E-state index in [4.69, 9.17) is 0 Å². The molecule has 3 aromatic rings. The van der Waals surface area contributed by atoms with E-state index < -0.39 is 6.04 Å². The highest BCUT2D eigenvalue weighted by Gasteiger charge is 2.33. The zero-order valence-electron chi connectivity index (χ0n) is 14.7.